The Morgan fingerprint density at radius 2 is 2.32 bits per heavy atom. The Hall–Kier alpha value is -2.77. The molecule has 1 aliphatic rings. The molecule has 3 heterocycles. The number of nitrogens with one attached hydrogen (secondary N) is 1. The smallest absolute Gasteiger partial charge is 0.272 e. The van der Waals surface area contributed by atoms with E-state index in [1.54, 1.807) is 36.0 Å². The number of imidazole rings is 1. The van der Waals surface area contributed by atoms with Gasteiger partial charge in [-0.1, -0.05) is 5.16 Å². The van der Waals surface area contributed by atoms with Gasteiger partial charge in [0, 0.05) is 24.5 Å². The summed E-state index contributed by atoms with van der Waals surface area (Å²) in [5.74, 6) is 1.74. The van der Waals surface area contributed by atoms with E-state index in [1.165, 1.54) is 0 Å². The minimum absolute atomic E-state index is 0.299. The molecule has 3 aromatic heterocycles. The van der Waals surface area contributed by atoms with Crippen LogP contribution in [-0.2, 0) is 0 Å². The summed E-state index contributed by atoms with van der Waals surface area (Å²) in [7, 11) is 0. The summed E-state index contributed by atoms with van der Waals surface area (Å²) in [6.45, 7) is 1.80. The second-order valence-corrected chi connectivity index (χ2v) is 5.41. The Labute approximate surface area is 125 Å². The van der Waals surface area contributed by atoms with Crippen molar-refractivity contribution in [2.75, 3.05) is 0 Å². The van der Waals surface area contributed by atoms with Crippen LogP contribution in [0.1, 0.15) is 53.9 Å². The van der Waals surface area contributed by atoms with Crippen LogP contribution in [0.4, 0.5) is 0 Å². The first-order valence-electron chi connectivity index (χ1n) is 7.15. The Balaban J connectivity index is 1.50. The lowest BCUT2D eigenvalue weighted by Gasteiger charge is -2.07. The quantitative estimate of drug-likeness (QED) is 0.783. The van der Waals surface area contributed by atoms with Crippen molar-refractivity contribution >= 4 is 11.7 Å². The van der Waals surface area contributed by atoms with Crippen molar-refractivity contribution < 1.29 is 9.32 Å². The topological polar surface area (TPSA) is 98.2 Å². The van der Waals surface area contributed by atoms with Crippen LogP contribution in [0.5, 0.6) is 0 Å². The monoisotopic (exact) mass is 298 g/mol. The summed E-state index contributed by atoms with van der Waals surface area (Å²) in [5, 5.41) is 6.75. The predicted molar refractivity (Wildman–Crippen MR) is 75.1 cm³/mol. The average molecular weight is 298 g/mol. The van der Waals surface area contributed by atoms with Crippen LogP contribution in [0.2, 0.25) is 0 Å². The van der Waals surface area contributed by atoms with Gasteiger partial charge < -0.3 is 9.84 Å². The number of amides is 1. The second kappa shape index (κ2) is 4.90. The SMILES string of the molecule is C[C@H](NC(=O)c1cn2cccnc2n1)c1nc(C2CC2)no1. The first kappa shape index (κ1) is 12.9. The molecule has 112 valence electrons. The largest absolute Gasteiger partial charge is 0.339 e. The third-order valence-corrected chi connectivity index (χ3v) is 3.59. The fourth-order valence-electron chi connectivity index (χ4n) is 2.20. The standard InChI is InChI=1S/C14H14N6O2/c1-8(13-18-11(19-22-13)9-3-4-9)16-12(21)10-7-20-6-2-5-15-14(20)17-10/h2,5-9H,3-4H2,1H3,(H,16,21)/t8-/m0/s1. The fourth-order valence-corrected chi connectivity index (χ4v) is 2.20. The molecular weight excluding hydrogens is 284 g/mol. The van der Waals surface area contributed by atoms with Crippen LogP contribution in [0.25, 0.3) is 5.78 Å². The molecule has 8 heteroatoms. The van der Waals surface area contributed by atoms with E-state index in [9.17, 15) is 4.79 Å². The molecule has 1 atom stereocenters. The van der Waals surface area contributed by atoms with Crippen molar-refractivity contribution in [3.63, 3.8) is 0 Å². The Morgan fingerprint density at radius 1 is 1.45 bits per heavy atom. The van der Waals surface area contributed by atoms with E-state index >= 15 is 0 Å². The summed E-state index contributed by atoms with van der Waals surface area (Å²) >= 11 is 0. The highest BCUT2D eigenvalue weighted by Gasteiger charge is 2.30. The zero-order valence-electron chi connectivity index (χ0n) is 11.9. The number of carbonyl (C=O) groups is 1. The molecule has 1 saturated carbocycles. The van der Waals surface area contributed by atoms with Crippen LogP contribution >= 0.6 is 0 Å². The van der Waals surface area contributed by atoms with Gasteiger partial charge in [-0.25, -0.2) is 9.97 Å². The minimum atomic E-state index is -0.370. The van der Waals surface area contributed by atoms with Gasteiger partial charge in [0.15, 0.2) is 5.82 Å². The molecule has 0 aliphatic heterocycles. The maximum Gasteiger partial charge on any atom is 0.272 e. The van der Waals surface area contributed by atoms with Crippen LogP contribution in [-0.4, -0.2) is 30.4 Å². The average Bonchev–Trinajstić information content (AvgIpc) is 3.10. The van der Waals surface area contributed by atoms with Crippen molar-refractivity contribution in [1.29, 1.82) is 0 Å². The normalized spacial score (nSPS) is 15.9. The van der Waals surface area contributed by atoms with Gasteiger partial charge >= 0.3 is 0 Å². The number of aromatic nitrogens is 5. The number of hydrogen-bond acceptors (Lipinski definition) is 6. The number of nitrogens with zero attached hydrogens (tertiary/aromatic N) is 5. The molecule has 0 radical (unpaired) electrons. The number of hydrogen-bond donors (Lipinski definition) is 1. The van der Waals surface area contributed by atoms with Crippen molar-refractivity contribution in [2.45, 2.75) is 31.7 Å². The molecule has 0 unspecified atom stereocenters. The number of carbonyl (C=O) groups excluding carboxylic acids is 1. The van der Waals surface area contributed by atoms with E-state index in [1.807, 2.05) is 0 Å². The van der Waals surface area contributed by atoms with E-state index in [-0.39, 0.29) is 11.9 Å². The number of fused-ring (bicyclic) bond motifs is 1. The molecule has 3 aromatic rings. The fraction of sp³-hybridized carbons (Fsp3) is 0.357. The van der Waals surface area contributed by atoms with Gasteiger partial charge in [0.2, 0.25) is 11.7 Å². The molecule has 1 amide bonds. The van der Waals surface area contributed by atoms with Crippen LogP contribution in [0, 0.1) is 0 Å². The number of rotatable bonds is 4. The van der Waals surface area contributed by atoms with Gasteiger partial charge in [-0.2, -0.15) is 4.98 Å². The van der Waals surface area contributed by atoms with Crippen molar-refractivity contribution in [1.82, 2.24) is 29.8 Å². The van der Waals surface area contributed by atoms with Gasteiger partial charge in [0.25, 0.3) is 5.91 Å². The minimum Gasteiger partial charge on any atom is -0.339 e. The first-order valence-corrected chi connectivity index (χ1v) is 7.15. The van der Waals surface area contributed by atoms with E-state index in [2.05, 4.69) is 25.4 Å². The zero-order chi connectivity index (χ0) is 15.1. The van der Waals surface area contributed by atoms with Crippen molar-refractivity contribution in [3.8, 4) is 0 Å². The first-order chi connectivity index (χ1) is 10.7. The zero-order valence-corrected chi connectivity index (χ0v) is 11.9. The molecule has 4 rings (SSSR count). The summed E-state index contributed by atoms with van der Waals surface area (Å²) in [6.07, 6.45) is 7.26. The van der Waals surface area contributed by atoms with Gasteiger partial charge in [0.05, 0.1) is 0 Å². The highest BCUT2D eigenvalue weighted by Crippen LogP contribution is 2.38. The summed E-state index contributed by atoms with van der Waals surface area (Å²) in [4.78, 5) is 24.8. The lowest BCUT2D eigenvalue weighted by Crippen LogP contribution is -2.27. The molecular formula is C14H14N6O2. The van der Waals surface area contributed by atoms with Gasteiger partial charge in [0.1, 0.15) is 11.7 Å². The highest BCUT2D eigenvalue weighted by molar-refractivity contribution is 5.92. The lowest BCUT2D eigenvalue weighted by atomic mass is 10.3. The van der Waals surface area contributed by atoms with Crippen molar-refractivity contribution in [3.05, 3.63) is 42.1 Å². The molecule has 1 fully saturated rings. The lowest BCUT2D eigenvalue weighted by molar-refractivity contribution is 0.0928. The molecule has 8 nitrogen and oxygen atoms in total. The van der Waals surface area contributed by atoms with E-state index in [0.29, 0.717) is 23.3 Å². The third-order valence-electron chi connectivity index (χ3n) is 3.59. The van der Waals surface area contributed by atoms with Crippen LogP contribution in [0.15, 0.2) is 29.2 Å². The molecule has 0 saturated heterocycles. The molecule has 0 bridgehead atoms. The van der Waals surface area contributed by atoms with E-state index in [0.717, 1.165) is 18.7 Å². The Bertz CT molecular complexity index is 802. The molecule has 1 N–H and O–H groups in total. The third kappa shape index (κ3) is 2.32. The predicted octanol–water partition coefficient (Wildman–Crippen LogP) is 1.48. The summed E-state index contributed by atoms with van der Waals surface area (Å²) in [5.41, 5.74) is 0.299. The molecule has 0 aromatic carbocycles. The summed E-state index contributed by atoms with van der Waals surface area (Å²) < 4.78 is 6.90. The van der Waals surface area contributed by atoms with Gasteiger partial charge in [-0.3, -0.25) is 9.20 Å². The maximum absolute atomic E-state index is 12.2. The maximum atomic E-state index is 12.2. The second-order valence-electron chi connectivity index (χ2n) is 5.41. The Kier molecular flexibility index (Phi) is 2.88. The summed E-state index contributed by atoms with van der Waals surface area (Å²) in [6, 6.07) is 1.40. The van der Waals surface area contributed by atoms with Crippen LogP contribution < -0.4 is 5.32 Å². The van der Waals surface area contributed by atoms with E-state index < -0.39 is 0 Å². The van der Waals surface area contributed by atoms with Gasteiger partial charge in [-0.05, 0) is 25.8 Å². The highest BCUT2D eigenvalue weighted by atomic mass is 16.5. The molecule has 22 heavy (non-hydrogen) atoms. The Morgan fingerprint density at radius 3 is 3.09 bits per heavy atom. The molecule has 1 aliphatic carbocycles. The van der Waals surface area contributed by atoms with E-state index in [4.69, 9.17) is 4.52 Å². The van der Waals surface area contributed by atoms with Crippen LogP contribution in [0.3, 0.4) is 0 Å². The van der Waals surface area contributed by atoms with Crippen molar-refractivity contribution in [2.24, 2.45) is 0 Å². The van der Waals surface area contributed by atoms with Gasteiger partial charge in [-0.15, -0.1) is 0 Å². The molecule has 0 spiro atoms.